The minimum Gasteiger partial charge on any atom is -0.496 e. The fourth-order valence-corrected chi connectivity index (χ4v) is 1.86. The predicted octanol–water partition coefficient (Wildman–Crippen LogP) is 3.52. The lowest BCUT2D eigenvalue weighted by Crippen LogP contribution is -1.88. The molecule has 0 N–H and O–H groups in total. The molecule has 0 spiro atoms. The van der Waals surface area contributed by atoms with Crippen LogP contribution in [-0.4, -0.2) is 18.0 Å². The zero-order valence-corrected chi connectivity index (χ0v) is 10.7. The maximum absolute atomic E-state index is 13.0. The van der Waals surface area contributed by atoms with Crippen molar-refractivity contribution in [1.82, 2.24) is 0 Å². The molecule has 0 fully saturated rings. The summed E-state index contributed by atoms with van der Waals surface area (Å²) in [5, 5.41) is 0.113. The molecule has 4 heteroatoms. The van der Waals surface area contributed by atoms with E-state index in [-0.39, 0.29) is 10.9 Å². The lowest BCUT2D eigenvalue weighted by atomic mass is 10.1. The van der Waals surface area contributed by atoms with Gasteiger partial charge in [0.2, 0.25) is 0 Å². The molecule has 2 nitrogen and oxygen atoms in total. The van der Waals surface area contributed by atoms with Gasteiger partial charge in [-0.1, -0.05) is 23.9 Å². The topological polar surface area (TPSA) is 26.3 Å². The SMILES string of the molecule is COc1ccc(F)cc1C=CCCSC(C)=O. The average Bonchev–Trinajstić information content (AvgIpc) is 2.28. The van der Waals surface area contributed by atoms with Gasteiger partial charge in [0.05, 0.1) is 7.11 Å². The minimum absolute atomic E-state index is 0.113. The van der Waals surface area contributed by atoms with Crippen molar-refractivity contribution in [3.05, 3.63) is 35.7 Å². The number of halogens is 1. The molecule has 17 heavy (non-hydrogen) atoms. The largest absolute Gasteiger partial charge is 0.496 e. The van der Waals surface area contributed by atoms with Gasteiger partial charge in [0.25, 0.3) is 0 Å². The number of carbonyl (C=O) groups excluding carboxylic acids is 1. The third-order valence-electron chi connectivity index (χ3n) is 2.08. The van der Waals surface area contributed by atoms with Crippen LogP contribution in [-0.2, 0) is 4.79 Å². The van der Waals surface area contributed by atoms with E-state index in [0.717, 1.165) is 12.2 Å². The number of methoxy groups -OCH3 is 1. The number of rotatable bonds is 5. The molecule has 1 rings (SSSR count). The zero-order chi connectivity index (χ0) is 12.7. The normalized spacial score (nSPS) is 10.8. The second kappa shape index (κ2) is 7.12. The molecule has 92 valence electrons. The van der Waals surface area contributed by atoms with Crippen molar-refractivity contribution in [2.24, 2.45) is 0 Å². The molecule has 0 unspecified atom stereocenters. The van der Waals surface area contributed by atoms with E-state index in [1.54, 1.807) is 20.1 Å². The minimum atomic E-state index is -0.288. The van der Waals surface area contributed by atoms with Gasteiger partial charge >= 0.3 is 0 Å². The standard InChI is InChI=1S/C13H15FO2S/c1-10(15)17-8-4-3-5-11-9-12(14)6-7-13(11)16-2/h3,5-7,9H,4,8H2,1-2H3. The first-order valence-corrected chi connectivity index (χ1v) is 6.25. The summed E-state index contributed by atoms with van der Waals surface area (Å²) in [5.74, 6) is 1.09. The molecule has 0 aromatic heterocycles. The molecule has 0 amide bonds. The first-order chi connectivity index (χ1) is 8.13. The summed E-state index contributed by atoms with van der Waals surface area (Å²) in [7, 11) is 1.55. The molecule has 0 radical (unpaired) electrons. The molecule has 0 aliphatic carbocycles. The number of carbonyl (C=O) groups is 1. The van der Waals surface area contributed by atoms with Crippen molar-refractivity contribution < 1.29 is 13.9 Å². The third-order valence-corrected chi connectivity index (χ3v) is 2.93. The van der Waals surface area contributed by atoms with Crippen LogP contribution in [0.2, 0.25) is 0 Å². The van der Waals surface area contributed by atoms with Crippen molar-refractivity contribution in [1.29, 1.82) is 0 Å². The van der Waals surface area contributed by atoms with Crippen LogP contribution in [0.4, 0.5) is 4.39 Å². The molecule has 0 bridgehead atoms. The highest BCUT2D eigenvalue weighted by molar-refractivity contribution is 8.13. The highest BCUT2D eigenvalue weighted by Gasteiger charge is 2.00. The fraction of sp³-hybridized carbons (Fsp3) is 0.308. The predicted molar refractivity (Wildman–Crippen MR) is 69.7 cm³/mol. The van der Waals surface area contributed by atoms with Crippen LogP contribution in [0, 0.1) is 5.82 Å². The van der Waals surface area contributed by atoms with Crippen LogP contribution < -0.4 is 4.74 Å². The fourth-order valence-electron chi connectivity index (χ4n) is 1.32. The Morgan fingerprint density at radius 3 is 2.94 bits per heavy atom. The van der Waals surface area contributed by atoms with E-state index in [0.29, 0.717) is 11.3 Å². The summed E-state index contributed by atoms with van der Waals surface area (Å²) in [5.41, 5.74) is 0.709. The highest BCUT2D eigenvalue weighted by atomic mass is 32.2. The summed E-state index contributed by atoms with van der Waals surface area (Å²) < 4.78 is 18.1. The Kier molecular flexibility index (Phi) is 5.77. The van der Waals surface area contributed by atoms with E-state index in [9.17, 15) is 9.18 Å². The molecule has 0 saturated heterocycles. The maximum Gasteiger partial charge on any atom is 0.185 e. The van der Waals surface area contributed by atoms with Crippen molar-refractivity contribution in [3.8, 4) is 5.75 Å². The molecule has 0 atom stereocenters. The van der Waals surface area contributed by atoms with Crippen molar-refractivity contribution in [2.45, 2.75) is 13.3 Å². The number of allylic oxidation sites excluding steroid dienone is 1. The van der Waals surface area contributed by atoms with Crippen LogP contribution >= 0.6 is 11.8 Å². The Bertz CT molecular complexity index is 416. The smallest absolute Gasteiger partial charge is 0.185 e. The summed E-state index contributed by atoms with van der Waals surface area (Å²) >= 11 is 1.28. The number of thioether (sulfide) groups is 1. The Morgan fingerprint density at radius 2 is 2.29 bits per heavy atom. The third kappa shape index (κ3) is 5.04. The van der Waals surface area contributed by atoms with Gasteiger partial charge in [-0.05, 0) is 24.6 Å². The van der Waals surface area contributed by atoms with E-state index in [4.69, 9.17) is 4.74 Å². The number of benzene rings is 1. The van der Waals surface area contributed by atoms with Gasteiger partial charge in [-0.3, -0.25) is 4.79 Å². The van der Waals surface area contributed by atoms with Crippen LogP contribution in [0.5, 0.6) is 5.75 Å². The molecule has 1 aromatic carbocycles. The first-order valence-electron chi connectivity index (χ1n) is 5.27. The zero-order valence-electron chi connectivity index (χ0n) is 9.90. The molecular weight excluding hydrogens is 239 g/mol. The van der Waals surface area contributed by atoms with E-state index >= 15 is 0 Å². The molecular formula is C13H15FO2S. The molecule has 0 heterocycles. The average molecular weight is 254 g/mol. The second-order valence-electron chi connectivity index (χ2n) is 3.42. The van der Waals surface area contributed by atoms with E-state index < -0.39 is 0 Å². The van der Waals surface area contributed by atoms with Crippen LogP contribution in [0.25, 0.3) is 6.08 Å². The van der Waals surface area contributed by atoms with Gasteiger partial charge in [0.1, 0.15) is 11.6 Å². The molecule has 0 saturated carbocycles. The molecule has 1 aromatic rings. The summed E-state index contributed by atoms with van der Waals surface area (Å²) in [6.07, 6.45) is 4.49. The summed E-state index contributed by atoms with van der Waals surface area (Å²) in [6.45, 7) is 1.55. The summed E-state index contributed by atoms with van der Waals surface area (Å²) in [6, 6.07) is 4.38. The monoisotopic (exact) mass is 254 g/mol. The number of hydrogen-bond donors (Lipinski definition) is 0. The van der Waals surface area contributed by atoms with Crippen LogP contribution in [0.1, 0.15) is 18.9 Å². The van der Waals surface area contributed by atoms with Crippen LogP contribution in [0.15, 0.2) is 24.3 Å². The van der Waals surface area contributed by atoms with Crippen molar-refractivity contribution in [2.75, 3.05) is 12.9 Å². The second-order valence-corrected chi connectivity index (χ2v) is 4.69. The summed E-state index contributed by atoms with van der Waals surface area (Å²) in [4.78, 5) is 10.7. The Morgan fingerprint density at radius 1 is 1.53 bits per heavy atom. The first kappa shape index (κ1) is 13.8. The number of hydrogen-bond acceptors (Lipinski definition) is 3. The van der Waals surface area contributed by atoms with Gasteiger partial charge in [0, 0.05) is 18.2 Å². The van der Waals surface area contributed by atoms with Gasteiger partial charge in [0.15, 0.2) is 5.12 Å². The van der Waals surface area contributed by atoms with Crippen molar-refractivity contribution in [3.63, 3.8) is 0 Å². The highest BCUT2D eigenvalue weighted by Crippen LogP contribution is 2.21. The van der Waals surface area contributed by atoms with Crippen molar-refractivity contribution >= 4 is 23.0 Å². The molecule has 0 aliphatic rings. The Balaban J connectivity index is 2.57. The Hall–Kier alpha value is -1.29. The molecule has 0 aliphatic heterocycles. The van der Waals surface area contributed by atoms with E-state index in [2.05, 4.69) is 0 Å². The van der Waals surface area contributed by atoms with Gasteiger partial charge in [-0.25, -0.2) is 4.39 Å². The number of ether oxygens (including phenoxy) is 1. The quantitative estimate of drug-likeness (QED) is 0.752. The van der Waals surface area contributed by atoms with E-state index in [1.165, 1.54) is 23.9 Å². The Labute approximate surface area is 105 Å². The maximum atomic E-state index is 13.0. The van der Waals surface area contributed by atoms with Gasteiger partial charge in [-0.2, -0.15) is 0 Å². The van der Waals surface area contributed by atoms with E-state index in [1.807, 2.05) is 12.2 Å². The van der Waals surface area contributed by atoms with Gasteiger partial charge < -0.3 is 4.74 Å². The lowest BCUT2D eigenvalue weighted by molar-refractivity contribution is -0.109. The lowest BCUT2D eigenvalue weighted by Gasteiger charge is -2.04. The van der Waals surface area contributed by atoms with Gasteiger partial charge in [-0.15, -0.1) is 0 Å². The van der Waals surface area contributed by atoms with Crippen LogP contribution in [0.3, 0.4) is 0 Å².